The van der Waals surface area contributed by atoms with Gasteiger partial charge in [-0.15, -0.1) is 0 Å². The summed E-state index contributed by atoms with van der Waals surface area (Å²) >= 11 is 0. The molecule has 0 aliphatic heterocycles. The number of nitrogens with zero attached hydrogens (tertiary/aromatic N) is 1. The van der Waals surface area contributed by atoms with Crippen LogP contribution in [0.2, 0.25) is 0 Å². The normalized spacial score (nSPS) is 15.0. The van der Waals surface area contributed by atoms with Crippen molar-refractivity contribution in [3.8, 4) is 5.69 Å². The molecule has 5 rings (SSSR count). The molecule has 0 saturated carbocycles. The Morgan fingerprint density at radius 2 is 1.41 bits per heavy atom. The molecule has 0 bridgehead atoms. The summed E-state index contributed by atoms with van der Waals surface area (Å²) in [6.45, 7) is 0. The zero-order valence-electron chi connectivity index (χ0n) is 23.0. The molecule has 140 valence electrons. The highest BCUT2D eigenvalue weighted by atomic mass is 16.4. The van der Waals surface area contributed by atoms with Crippen LogP contribution in [0.3, 0.4) is 0 Å². The van der Waals surface area contributed by atoms with Crippen LogP contribution in [0.4, 0.5) is 11.4 Å². The maximum Gasteiger partial charge on any atom is 0.490 e. The number of rotatable bonds is 4. The third-order valence-electron chi connectivity index (χ3n) is 4.66. The van der Waals surface area contributed by atoms with Crippen LogP contribution in [0, 0.1) is 0 Å². The Balaban J connectivity index is 1.95. The number of benzene rings is 4. The van der Waals surface area contributed by atoms with E-state index in [0.717, 1.165) is 0 Å². The summed E-state index contributed by atoms with van der Waals surface area (Å²) in [6, 6.07) is 9.68. The Kier molecular flexibility index (Phi) is 2.67. The standard InChI is InChI=1S/C24H19BN2O2/c28-25(29)21-15-14-18(16-22(21)26-17-8-2-1-3-9-17)27-23-12-6-4-10-19(23)20-11-5-7-13-24(20)27/h1-16,26,28-29H/i4D,5D,6D,7D,10D,11D,12D,13D. The molecule has 4 aromatic carbocycles. The van der Waals surface area contributed by atoms with Crippen molar-refractivity contribution in [2.45, 2.75) is 0 Å². The molecule has 4 nitrogen and oxygen atoms in total. The minimum atomic E-state index is -1.83. The SMILES string of the molecule is [2H]c1c([2H])c([2H])c2c(c1[2H])c1c([2H])c([2H])c([2H])c([2H])c1n2-c1ccc(B(O)O)c(Nc2ccccc2)c1. The van der Waals surface area contributed by atoms with Gasteiger partial charge in [0.05, 0.1) is 22.0 Å². The van der Waals surface area contributed by atoms with Gasteiger partial charge >= 0.3 is 7.12 Å². The average molecular weight is 386 g/mol. The van der Waals surface area contributed by atoms with Gasteiger partial charge in [-0.05, 0) is 36.4 Å². The molecule has 1 aromatic heterocycles. The number of fused-ring (bicyclic) bond motifs is 3. The van der Waals surface area contributed by atoms with Crippen LogP contribution < -0.4 is 10.8 Å². The number of nitrogens with one attached hydrogen (secondary N) is 1. The number of hydrogen-bond acceptors (Lipinski definition) is 3. The fourth-order valence-electron chi connectivity index (χ4n) is 3.37. The largest absolute Gasteiger partial charge is 0.490 e. The van der Waals surface area contributed by atoms with E-state index < -0.39 is 55.5 Å². The molecular weight excluding hydrogens is 359 g/mol. The van der Waals surface area contributed by atoms with E-state index in [1.165, 1.54) is 22.8 Å². The second-order valence-corrected chi connectivity index (χ2v) is 6.42. The first kappa shape index (κ1) is 10.9. The fraction of sp³-hybridized carbons (Fsp3) is 0. The molecule has 5 heteroatoms. The van der Waals surface area contributed by atoms with Crippen molar-refractivity contribution in [2.75, 3.05) is 5.32 Å². The molecule has 29 heavy (non-hydrogen) atoms. The number of anilines is 2. The summed E-state index contributed by atoms with van der Waals surface area (Å²) < 4.78 is 68.4. The highest BCUT2D eigenvalue weighted by molar-refractivity contribution is 6.60. The van der Waals surface area contributed by atoms with E-state index in [4.69, 9.17) is 11.0 Å². The molecule has 0 radical (unpaired) electrons. The molecule has 1 heterocycles. The Morgan fingerprint density at radius 1 is 0.793 bits per heavy atom. The van der Waals surface area contributed by atoms with Gasteiger partial charge in [0.15, 0.2) is 0 Å². The quantitative estimate of drug-likeness (QED) is 0.406. The molecule has 0 saturated heterocycles. The van der Waals surface area contributed by atoms with Crippen LogP contribution in [0.5, 0.6) is 0 Å². The number of aromatic nitrogens is 1. The van der Waals surface area contributed by atoms with Crippen molar-refractivity contribution in [3.63, 3.8) is 0 Å². The van der Waals surface area contributed by atoms with E-state index in [2.05, 4.69) is 5.32 Å². The predicted octanol–water partition coefficient (Wildman–Crippen LogP) is 4.21. The predicted molar refractivity (Wildman–Crippen MR) is 120 cm³/mol. The van der Waals surface area contributed by atoms with Gasteiger partial charge in [0.25, 0.3) is 0 Å². The van der Waals surface area contributed by atoms with Crippen LogP contribution in [0.1, 0.15) is 11.0 Å². The number of para-hydroxylation sites is 3. The zero-order chi connectivity index (χ0) is 26.8. The minimum absolute atomic E-state index is 0.0176. The lowest BCUT2D eigenvalue weighted by molar-refractivity contribution is 0.426. The minimum Gasteiger partial charge on any atom is -0.423 e. The van der Waals surface area contributed by atoms with Crippen molar-refractivity contribution in [1.29, 1.82) is 0 Å². The third-order valence-corrected chi connectivity index (χ3v) is 4.66. The summed E-state index contributed by atoms with van der Waals surface area (Å²) in [6.07, 6.45) is 0. The molecule has 0 aliphatic carbocycles. The van der Waals surface area contributed by atoms with E-state index in [9.17, 15) is 10.0 Å². The van der Waals surface area contributed by atoms with Crippen molar-refractivity contribution < 1.29 is 21.0 Å². The lowest BCUT2D eigenvalue weighted by atomic mass is 9.78. The van der Waals surface area contributed by atoms with Crippen molar-refractivity contribution in [2.24, 2.45) is 0 Å². The first-order valence-corrected chi connectivity index (χ1v) is 8.87. The van der Waals surface area contributed by atoms with Crippen LogP contribution in [-0.2, 0) is 0 Å². The molecule has 0 fully saturated rings. The first-order chi connectivity index (χ1) is 17.5. The maximum atomic E-state index is 9.95. The van der Waals surface area contributed by atoms with Crippen LogP contribution >= 0.6 is 0 Å². The Labute approximate surface area is 180 Å². The topological polar surface area (TPSA) is 57.4 Å². The van der Waals surface area contributed by atoms with E-state index in [0.29, 0.717) is 5.69 Å². The smallest absolute Gasteiger partial charge is 0.423 e. The molecule has 0 unspecified atom stereocenters. The molecule has 0 atom stereocenters. The average Bonchev–Trinajstić information content (AvgIpc) is 3.25. The van der Waals surface area contributed by atoms with Gasteiger partial charge in [-0.2, -0.15) is 0 Å². The monoisotopic (exact) mass is 386 g/mol. The van der Waals surface area contributed by atoms with E-state index in [1.54, 1.807) is 24.3 Å². The zero-order valence-corrected chi connectivity index (χ0v) is 15.0. The van der Waals surface area contributed by atoms with Gasteiger partial charge in [-0.1, -0.05) is 60.5 Å². The van der Waals surface area contributed by atoms with Gasteiger partial charge in [0.2, 0.25) is 0 Å². The van der Waals surface area contributed by atoms with Gasteiger partial charge in [0, 0.05) is 33.3 Å². The second kappa shape index (κ2) is 7.13. The molecule has 3 N–H and O–H groups in total. The molecule has 0 spiro atoms. The van der Waals surface area contributed by atoms with Gasteiger partial charge in [-0.25, -0.2) is 0 Å². The number of hydrogen-bond donors (Lipinski definition) is 3. The Bertz CT molecular complexity index is 1650. The highest BCUT2D eigenvalue weighted by Gasteiger charge is 2.18. The van der Waals surface area contributed by atoms with Crippen molar-refractivity contribution >= 4 is 45.8 Å². The van der Waals surface area contributed by atoms with E-state index >= 15 is 0 Å². The summed E-state index contributed by atoms with van der Waals surface area (Å²) in [7, 11) is -1.83. The van der Waals surface area contributed by atoms with Gasteiger partial charge in [-0.3, -0.25) is 0 Å². The Morgan fingerprint density at radius 3 is 2.03 bits per heavy atom. The Hall–Kier alpha value is -3.54. The van der Waals surface area contributed by atoms with E-state index in [1.807, 2.05) is 6.07 Å². The summed E-state index contributed by atoms with van der Waals surface area (Å²) in [5.41, 5.74) is 1.32. The molecule has 0 aliphatic rings. The third kappa shape index (κ3) is 3.07. The summed E-state index contributed by atoms with van der Waals surface area (Å²) in [5.74, 6) is 0. The lowest BCUT2D eigenvalue weighted by Gasteiger charge is -2.15. The molecule has 5 aromatic rings. The first-order valence-electron chi connectivity index (χ1n) is 12.9. The van der Waals surface area contributed by atoms with Crippen LogP contribution in [0.15, 0.2) is 96.9 Å². The lowest BCUT2D eigenvalue weighted by Crippen LogP contribution is -2.32. The van der Waals surface area contributed by atoms with E-state index in [-0.39, 0.29) is 38.6 Å². The van der Waals surface area contributed by atoms with Crippen molar-refractivity contribution in [3.05, 3.63) is 96.9 Å². The van der Waals surface area contributed by atoms with Gasteiger partial charge < -0.3 is 19.9 Å². The molecular formula is C24H19BN2O2. The van der Waals surface area contributed by atoms with Gasteiger partial charge in [0.1, 0.15) is 0 Å². The second-order valence-electron chi connectivity index (χ2n) is 6.42. The van der Waals surface area contributed by atoms with Crippen molar-refractivity contribution in [1.82, 2.24) is 4.57 Å². The maximum absolute atomic E-state index is 9.95. The summed E-state index contributed by atoms with van der Waals surface area (Å²) in [4.78, 5) is 0. The summed E-state index contributed by atoms with van der Waals surface area (Å²) in [5, 5.41) is 22.9. The fourth-order valence-corrected chi connectivity index (χ4v) is 3.37. The molecule has 0 amide bonds. The van der Waals surface area contributed by atoms with Crippen LogP contribution in [-0.4, -0.2) is 21.7 Å². The van der Waals surface area contributed by atoms with Crippen LogP contribution in [0.25, 0.3) is 27.5 Å². The highest BCUT2D eigenvalue weighted by Crippen LogP contribution is 2.32.